The Morgan fingerprint density at radius 2 is 2.07 bits per heavy atom. The van der Waals surface area contributed by atoms with Crippen LogP contribution in [0.25, 0.3) is 5.82 Å². The topological polar surface area (TPSA) is 43.6 Å². The molecule has 0 spiro atoms. The summed E-state index contributed by atoms with van der Waals surface area (Å²) in [5, 5.41) is 0. The highest BCUT2D eigenvalue weighted by atomic mass is 15.1. The minimum absolute atomic E-state index is 0.438. The normalized spacial score (nSPS) is 10.8. The predicted octanol–water partition coefficient (Wildman–Crippen LogP) is 1.79. The highest BCUT2D eigenvalue weighted by Crippen LogP contribution is 2.12. The van der Waals surface area contributed by atoms with Crippen LogP contribution in [0.1, 0.15) is 25.5 Å². The molecule has 72 valence electrons. The lowest BCUT2D eigenvalue weighted by Crippen LogP contribution is -1.94. The average molecular weight is 188 g/mol. The SMILES string of the molecule is CC(C)c1cn(-c2cnccn2)cn1. The Balaban J connectivity index is 2.34. The van der Waals surface area contributed by atoms with Crippen LogP contribution in [0.2, 0.25) is 0 Å². The Labute approximate surface area is 82.7 Å². The van der Waals surface area contributed by atoms with E-state index in [9.17, 15) is 0 Å². The van der Waals surface area contributed by atoms with Crippen LogP contribution in [0.15, 0.2) is 31.1 Å². The number of imidazole rings is 1. The largest absolute Gasteiger partial charge is 0.289 e. The van der Waals surface area contributed by atoms with Crippen LogP contribution in [-0.2, 0) is 0 Å². The van der Waals surface area contributed by atoms with Gasteiger partial charge in [0.15, 0.2) is 5.82 Å². The molecule has 0 aliphatic heterocycles. The molecular formula is C10H12N4. The maximum Gasteiger partial charge on any atom is 0.156 e. The average Bonchev–Trinajstić information content (AvgIpc) is 2.68. The molecule has 2 aromatic heterocycles. The van der Waals surface area contributed by atoms with Crippen LogP contribution >= 0.6 is 0 Å². The molecule has 0 aliphatic rings. The third kappa shape index (κ3) is 1.64. The van der Waals surface area contributed by atoms with Crippen molar-refractivity contribution in [1.82, 2.24) is 19.5 Å². The van der Waals surface area contributed by atoms with Crippen molar-refractivity contribution >= 4 is 0 Å². The molecule has 0 fully saturated rings. The number of rotatable bonds is 2. The van der Waals surface area contributed by atoms with E-state index < -0.39 is 0 Å². The van der Waals surface area contributed by atoms with E-state index in [1.54, 1.807) is 24.9 Å². The van der Waals surface area contributed by atoms with Crippen molar-refractivity contribution < 1.29 is 0 Å². The van der Waals surface area contributed by atoms with E-state index in [1.807, 2.05) is 10.8 Å². The Bertz CT molecular complexity index is 405. The molecule has 0 aromatic carbocycles. The fourth-order valence-corrected chi connectivity index (χ4v) is 1.19. The van der Waals surface area contributed by atoms with Crippen LogP contribution in [0.3, 0.4) is 0 Å². The molecule has 0 aliphatic carbocycles. The number of hydrogen-bond acceptors (Lipinski definition) is 3. The van der Waals surface area contributed by atoms with Gasteiger partial charge in [0.1, 0.15) is 6.33 Å². The van der Waals surface area contributed by atoms with Gasteiger partial charge in [-0.05, 0) is 5.92 Å². The molecular weight excluding hydrogens is 176 g/mol. The lowest BCUT2D eigenvalue weighted by Gasteiger charge is -1.99. The summed E-state index contributed by atoms with van der Waals surface area (Å²) in [7, 11) is 0. The number of hydrogen-bond donors (Lipinski definition) is 0. The van der Waals surface area contributed by atoms with Crippen LogP contribution in [0.5, 0.6) is 0 Å². The lowest BCUT2D eigenvalue weighted by atomic mass is 10.2. The van der Waals surface area contributed by atoms with E-state index in [2.05, 4.69) is 28.8 Å². The second-order valence-electron chi connectivity index (χ2n) is 3.42. The summed E-state index contributed by atoms with van der Waals surface area (Å²) in [5.41, 5.74) is 1.07. The highest BCUT2D eigenvalue weighted by Gasteiger charge is 2.04. The zero-order chi connectivity index (χ0) is 9.97. The molecule has 0 bridgehead atoms. The number of aromatic nitrogens is 4. The Kier molecular flexibility index (Phi) is 2.26. The van der Waals surface area contributed by atoms with Gasteiger partial charge in [0.05, 0.1) is 11.9 Å². The smallest absolute Gasteiger partial charge is 0.156 e. The molecule has 2 heterocycles. The minimum atomic E-state index is 0.438. The van der Waals surface area contributed by atoms with Crippen LogP contribution in [-0.4, -0.2) is 19.5 Å². The highest BCUT2D eigenvalue weighted by molar-refractivity contribution is 5.19. The second kappa shape index (κ2) is 3.57. The maximum absolute atomic E-state index is 4.29. The molecule has 4 nitrogen and oxygen atoms in total. The van der Waals surface area contributed by atoms with Gasteiger partial charge in [-0.25, -0.2) is 9.97 Å². The van der Waals surface area contributed by atoms with Crippen molar-refractivity contribution in [2.45, 2.75) is 19.8 Å². The van der Waals surface area contributed by atoms with Crippen molar-refractivity contribution in [2.24, 2.45) is 0 Å². The molecule has 0 atom stereocenters. The maximum atomic E-state index is 4.29. The zero-order valence-corrected chi connectivity index (χ0v) is 8.25. The molecule has 4 heteroatoms. The molecule has 0 N–H and O–H groups in total. The molecule has 0 unspecified atom stereocenters. The van der Waals surface area contributed by atoms with Crippen molar-refractivity contribution in [3.05, 3.63) is 36.8 Å². The third-order valence-electron chi connectivity index (χ3n) is 2.01. The molecule has 0 radical (unpaired) electrons. The molecule has 0 saturated carbocycles. The molecule has 2 rings (SSSR count). The molecule has 0 saturated heterocycles. The molecule has 2 aromatic rings. The van der Waals surface area contributed by atoms with Gasteiger partial charge in [-0.1, -0.05) is 13.8 Å². The van der Waals surface area contributed by atoms with Crippen molar-refractivity contribution in [2.75, 3.05) is 0 Å². The van der Waals surface area contributed by atoms with E-state index in [1.165, 1.54) is 0 Å². The fraction of sp³-hybridized carbons (Fsp3) is 0.300. The first kappa shape index (κ1) is 8.87. The van der Waals surface area contributed by atoms with Gasteiger partial charge in [-0.2, -0.15) is 0 Å². The van der Waals surface area contributed by atoms with Gasteiger partial charge in [-0.15, -0.1) is 0 Å². The summed E-state index contributed by atoms with van der Waals surface area (Å²) in [6.07, 6.45) is 8.79. The summed E-state index contributed by atoms with van der Waals surface area (Å²) in [5.74, 6) is 1.24. The van der Waals surface area contributed by atoms with Gasteiger partial charge < -0.3 is 0 Å². The monoisotopic (exact) mass is 188 g/mol. The summed E-state index contributed by atoms with van der Waals surface area (Å²) >= 11 is 0. The van der Waals surface area contributed by atoms with Crippen LogP contribution in [0, 0.1) is 0 Å². The first-order chi connectivity index (χ1) is 6.77. The first-order valence-corrected chi connectivity index (χ1v) is 4.57. The van der Waals surface area contributed by atoms with E-state index in [-0.39, 0.29) is 0 Å². The van der Waals surface area contributed by atoms with E-state index in [0.717, 1.165) is 11.5 Å². The summed E-state index contributed by atoms with van der Waals surface area (Å²) in [6.45, 7) is 4.23. The Hall–Kier alpha value is -1.71. The predicted molar refractivity (Wildman–Crippen MR) is 53.2 cm³/mol. The lowest BCUT2D eigenvalue weighted by molar-refractivity contribution is 0.831. The molecule has 0 amide bonds. The van der Waals surface area contributed by atoms with Crippen LogP contribution < -0.4 is 0 Å². The zero-order valence-electron chi connectivity index (χ0n) is 8.25. The first-order valence-electron chi connectivity index (χ1n) is 4.57. The van der Waals surface area contributed by atoms with Gasteiger partial charge >= 0.3 is 0 Å². The number of nitrogens with zero attached hydrogens (tertiary/aromatic N) is 4. The second-order valence-corrected chi connectivity index (χ2v) is 3.42. The third-order valence-corrected chi connectivity index (χ3v) is 2.01. The Morgan fingerprint density at radius 3 is 2.64 bits per heavy atom. The van der Waals surface area contributed by atoms with E-state index in [0.29, 0.717) is 5.92 Å². The quantitative estimate of drug-likeness (QED) is 0.721. The van der Waals surface area contributed by atoms with E-state index in [4.69, 9.17) is 0 Å². The van der Waals surface area contributed by atoms with E-state index >= 15 is 0 Å². The van der Waals surface area contributed by atoms with Gasteiger partial charge in [-0.3, -0.25) is 9.55 Å². The fourth-order valence-electron chi connectivity index (χ4n) is 1.19. The van der Waals surface area contributed by atoms with Crippen LogP contribution in [0.4, 0.5) is 0 Å². The van der Waals surface area contributed by atoms with Crippen molar-refractivity contribution in [3.8, 4) is 5.82 Å². The van der Waals surface area contributed by atoms with Gasteiger partial charge in [0.25, 0.3) is 0 Å². The molecule has 14 heavy (non-hydrogen) atoms. The standard InChI is InChI=1S/C10H12N4/c1-8(2)9-6-14(7-13-9)10-5-11-3-4-12-10/h3-8H,1-2H3. The summed E-state index contributed by atoms with van der Waals surface area (Å²) in [6, 6.07) is 0. The van der Waals surface area contributed by atoms with Crippen molar-refractivity contribution in [1.29, 1.82) is 0 Å². The minimum Gasteiger partial charge on any atom is -0.289 e. The van der Waals surface area contributed by atoms with Crippen molar-refractivity contribution in [3.63, 3.8) is 0 Å². The summed E-state index contributed by atoms with van der Waals surface area (Å²) < 4.78 is 1.88. The van der Waals surface area contributed by atoms with Gasteiger partial charge in [0, 0.05) is 18.6 Å². The Morgan fingerprint density at radius 1 is 1.21 bits per heavy atom. The summed E-state index contributed by atoms with van der Waals surface area (Å²) in [4.78, 5) is 12.5. The van der Waals surface area contributed by atoms with Gasteiger partial charge in [0.2, 0.25) is 0 Å².